The van der Waals surface area contributed by atoms with E-state index in [0.717, 1.165) is 18.4 Å². The van der Waals surface area contributed by atoms with Gasteiger partial charge in [-0.1, -0.05) is 35.5 Å². The van der Waals surface area contributed by atoms with Gasteiger partial charge in [-0.15, -0.1) is 0 Å². The molecule has 1 aromatic carbocycles. The van der Waals surface area contributed by atoms with E-state index in [9.17, 15) is 4.79 Å². The van der Waals surface area contributed by atoms with Crippen LogP contribution in [0.1, 0.15) is 23.3 Å². The first-order valence-corrected chi connectivity index (χ1v) is 8.36. The Kier molecular flexibility index (Phi) is 4.32. The van der Waals surface area contributed by atoms with Crippen LogP contribution >= 0.6 is 0 Å². The summed E-state index contributed by atoms with van der Waals surface area (Å²) in [5.41, 5.74) is 1.28. The van der Waals surface area contributed by atoms with Crippen molar-refractivity contribution in [3.63, 3.8) is 0 Å². The van der Waals surface area contributed by atoms with E-state index in [1.165, 1.54) is 0 Å². The Hall–Kier alpha value is -2.18. The zero-order chi connectivity index (χ0) is 16.4. The largest absolute Gasteiger partial charge is 0.355 e. The molecular formula is C18H20N2O4. The molecule has 0 atom stereocenters. The predicted octanol–water partition coefficient (Wildman–Crippen LogP) is 2.57. The fourth-order valence-corrected chi connectivity index (χ4v) is 3.30. The van der Waals surface area contributed by atoms with Crippen LogP contribution in [0.3, 0.4) is 0 Å². The fourth-order valence-electron chi connectivity index (χ4n) is 3.30. The molecule has 0 aliphatic carbocycles. The summed E-state index contributed by atoms with van der Waals surface area (Å²) < 4.78 is 16.5. The Morgan fingerprint density at radius 2 is 1.79 bits per heavy atom. The first-order valence-electron chi connectivity index (χ1n) is 8.36. The Balaban J connectivity index is 1.39. The number of piperidine rings is 1. The third kappa shape index (κ3) is 3.07. The Labute approximate surface area is 140 Å². The average molecular weight is 328 g/mol. The molecule has 126 valence electrons. The van der Waals surface area contributed by atoms with Crippen LogP contribution in [0.5, 0.6) is 0 Å². The van der Waals surface area contributed by atoms with Gasteiger partial charge in [0.25, 0.3) is 5.91 Å². The van der Waals surface area contributed by atoms with Crippen LogP contribution in [0, 0.1) is 5.92 Å². The first kappa shape index (κ1) is 15.4. The molecule has 6 heteroatoms. The lowest BCUT2D eigenvalue weighted by molar-refractivity contribution is -0.0956. The van der Waals surface area contributed by atoms with E-state index in [1.807, 2.05) is 35.2 Å². The SMILES string of the molecule is O=C(c1cc(-c2ccccc2)on1)N1CCC(C2OCCO2)CC1. The van der Waals surface area contributed by atoms with Crippen LogP contribution in [-0.2, 0) is 9.47 Å². The molecule has 24 heavy (non-hydrogen) atoms. The van der Waals surface area contributed by atoms with Gasteiger partial charge in [0.2, 0.25) is 0 Å². The summed E-state index contributed by atoms with van der Waals surface area (Å²) in [6.07, 6.45) is 1.68. The van der Waals surface area contributed by atoms with Crippen molar-refractivity contribution >= 4 is 5.91 Å². The fraction of sp³-hybridized carbons (Fsp3) is 0.444. The molecule has 2 saturated heterocycles. The highest BCUT2D eigenvalue weighted by atomic mass is 16.7. The van der Waals surface area contributed by atoms with E-state index >= 15 is 0 Å². The molecule has 2 aliphatic rings. The first-order chi connectivity index (χ1) is 11.8. The monoisotopic (exact) mass is 328 g/mol. The highest BCUT2D eigenvalue weighted by Gasteiger charge is 2.32. The Morgan fingerprint density at radius 1 is 1.08 bits per heavy atom. The zero-order valence-electron chi connectivity index (χ0n) is 13.4. The minimum atomic E-state index is -0.0982. The third-order valence-corrected chi connectivity index (χ3v) is 4.65. The van der Waals surface area contributed by atoms with E-state index in [-0.39, 0.29) is 12.2 Å². The quantitative estimate of drug-likeness (QED) is 0.866. The summed E-state index contributed by atoms with van der Waals surface area (Å²) >= 11 is 0. The second-order valence-electron chi connectivity index (χ2n) is 6.18. The van der Waals surface area contributed by atoms with Gasteiger partial charge in [-0.2, -0.15) is 0 Å². The van der Waals surface area contributed by atoms with Crippen LogP contribution in [-0.4, -0.2) is 48.6 Å². The van der Waals surface area contributed by atoms with Gasteiger partial charge in [-0.3, -0.25) is 4.79 Å². The molecule has 1 aromatic heterocycles. The highest BCUT2D eigenvalue weighted by molar-refractivity contribution is 5.93. The lowest BCUT2D eigenvalue weighted by atomic mass is 9.96. The number of carbonyl (C=O) groups excluding carboxylic acids is 1. The molecule has 3 heterocycles. The van der Waals surface area contributed by atoms with Crippen LogP contribution in [0.4, 0.5) is 0 Å². The summed E-state index contributed by atoms with van der Waals surface area (Å²) in [7, 11) is 0. The van der Waals surface area contributed by atoms with Crippen LogP contribution in [0.2, 0.25) is 0 Å². The lowest BCUT2D eigenvalue weighted by Gasteiger charge is -2.33. The van der Waals surface area contributed by atoms with Gasteiger partial charge in [0, 0.05) is 30.6 Å². The molecule has 0 unspecified atom stereocenters. The number of carbonyl (C=O) groups is 1. The number of hydrogen-bond donors (Lipinski definition) is 0. The highest BCUT2D eigenvalue weighted by Crippen LogP contribution is 2.27. The van der Waals surface area contributed by atoms with Crippen molar-refractivity contribution in [2.24, 2.45) is 5.92 Å². The van der Waals surface area contributed by atoms with Crippen LogP contribution in [0.25, 0.3) is 11.3 Å². The molecule has 0 radical (unpaired) electrons. The van der Waals surface area contributed by atoms with E-state index < -0.39 is 0 Å². The van der Waals surface area contributed by atoms with Gasteiger partial charge in [0.15, 0.2) is 17.7 Å². The number of likely N-dealkylation sites (tertiary alicyclic amines) is 1. The standard InChI is InChI=1S/C18H20N2O4/c21-17(15-12-16(24-19-15)13-4-2-1-3-5-13)20-8-6-14(7-9-20)18-22-10-11-23-18/h1-5,12,14,18H,6-11H2. The smallest absolute Gasteiger partial charge is 0.276 e. The maximum Gasteiger partial charge on any atom is 0.276 e. The van der Waals surface area contributed by atoms with E-state index in [0.29, 0.717) is 43.7 Å². The van der Waals surface area contributed by atoms with E-state index in [1.54, 1.807) is 6.07 Å². The number of amides is 1. The van der Waals surface area contributed by atoms with Crippen molar-refractivity contribution in [3.05, 3.63) is 42.1 Å². The molecule has 2 aliphatic heterocycles. The molecule has 0 saturated carbocycles. The van der Waals surface area contributed by atoms with Gasteiger partial charge in [0.1, 0.15) is 0 Å². The normalized spacial score (nSPS) is 19.8. The topological polar surface area (TPSA) is 64.8 Å². The third-order valence-electron chi connectivity index (χ3n) is 4.65. The van der Waals surface area contributed by atoms with E-state index in [4.69, 9.17) is 14.0 Å². The number of ether oxygens (including phenoxy) is 2. The molecule has 2 aromatic rings. The summed E-state index contributed by atoms with van der Waals surface area (Å²) in [5.74, 6) is 0.906. The molecule has 1 amide bonds. The molecule has 6 nitrogen and oxygen atoms in total. The van der Waals surface area contributed by atoms with Gasteiger partial charge < -0.3 is 18.9 Å². The zero-order valence-corrected chi connectivity index (χ0v) is 13.4. The number of rotatable bonds is 3. The molecule has 0 spiro atoms. The Morgan fingerprint density at radius 3 is 2.50 bits per heavy atom. The second kappa shape index (κ2) is 6.75. The molecular weight excluding hydrogens is 308 g/mol. The molecule has 4 rings (SSSR count). The van der Waals surface area contributed by atoms with Gasteiger partial charge >= 0.3 is 0 Å². The number of nitrogens with zero attached hydrogens (tertiary/aromatic N) is 2. The van der Waals surface area contributed by atoms with Gasteiger partial charge in [0.05, 0.1) is 13.2 Å². The molecule has 2 fully saturated rings. The summed E-state index contributed by atoms with van der Waals surface area (Å²) in [6, 6.07) is 11.4. The maximum absolute atomic E-state index is 12.6. The van der Waals surface area contributed by atoms with E-state index in [2.05, 4.69) is 5.16 Å². The van der Waals surface area contributed by atoms with Gasteiger partial charge in [-0.05, 0) is 12.8 Å². The van der Waals surface area contributed by atoms with Crippen molar-refractivity contribution in [2.45, 2.75) is 19.1 Å². The summed E-state index contributed by atoms with van der Waals surface area (Å²) in [4.78, 5) is 14.4. The lowest BCUT2D eigenvalue weighted by Crippen LogP contribution is -2.41. The predicted molar refractivity (Wildman–Crippen MR) is 86.3 cm³/mol. The average Bonchev–Trinajstić information content (AvgIpc) is 3.34. The maximum atomic E-state index is 12.6. The van der Waals surface area contributed by atoms with Crippen molar-refractivity contribution in [3.8, 4) is 11.3 Å². The minimum Gasteiger partial charge on any atom is -0.355 e. The van der Waals surface area contributed by atoms with Crippen molar-refractivity contribution in [1.82, 2.24) is 10.1 Å². The summed E-state index contributed by atoms with van der Waals surface area (Å²) in [5, 5.41) is 3.95. The van der Waals surface area contributed by atoms with Crippen LogP contribution < -0.4 is 0 Å². The van der Waals surface area contributed by atoms with Crippen LogP contribution in [0.15, 0.2) is 40.9 Å². The van der Waals surface area contributed by atoms with Crippen molar-refractivity contribution < 1.29 is 18.8 Å². The van der Waals surface area contributed by atoms with Gasteiger partial charge in [-0.25, -0.2) is 0 Å². The van der Waals surface area contributed by atoms with Crippen molar-refractivity contribution in [2.75, 3.05) is 26.3 Å². The second-order valence-corrected chi connectivity index (χ2v) is 6.18. The minimum absolute atomic E-state index is 0.0763. The number of hydrogen-bond acceptors (Lipinski definition) is 5. The summed E-state index contributed by atoms with van der Waals surface area (Å²) in [6.45, 7) is 2.73. The molecule has 0 bridgehead atoms. The number of benzene rings is 1. The Bertz CT molecular complexity index is 686. The molecule has 0 N–H and O–H groups in total. The number of aromatic nitrogens is 1. The van der Waals surface area contributed by atoms with Crippen molar-refractivity contribution in [1.29, 1.82) is 0 Å².